The van der Waals surface area contributed by atoms with Crippen LogP contribution in [0.5, 0.6) is 0 Å². The van der Waals surface area contributed by atoms with Gasteiger partial charge in [0, 0.05) is 6.42 Å². The van der Waals surface area contributed by atoms with Gasteiger partial charge < -0.3 is 4.52 Å². The van der Waals surface area contributed by atoms with Gasteiger partial charge in [0.15, 0.2) is 0 Å². The second kappa shape index (κ2) is 3.62. The zero-order valence-corrected chi connectivity index (χ0v) is 6.06. The molecule has 0 radical (unpaired) electrons. The van der Waals surface area contributed by atoms with Gasteiger partial charge >= 0.3 is 8.69 Å². The fourth-order valence-corrected chi connectivity index (χ4v) is 1.20. The number of rotatable bonds is 2. The van der Waals surface area contributed by atoms with Gasteiger partial charge in [-0.1, -0.05) is 0 Å². The molecule has 3 heteroatoms. The van der Waals surface area contributed by atoms with Crippen molar-refractivity contribution in [3.63, 3.8) is 0 Å². The molecular weight excluding hydrogens is 135 g/mol. The maximum Gasteiger partial charge on any atom is 0.395 e. The first-order valence-corrected chi connectivity index (χ1v) is 3.85. The standard InChI is InChI=1S/C6H9O2P/c7-9-8-6-4-2-1-3-5-6/h4H,1-3,5H2. The van der Waals surface area contributed by atoms with Crippen molar-refractivity contribution >= 4 is 8.69 Å². The van der Waals surface area contributed by atoms with Crippen molar-refractivity contribution in [2.75, 3.05) is 0 Å². The van der Waals surface area contributed by atoms with Crippen LogP contribution in [0.2, 0.25) is 0 Å². The normalized spacial score (nSPS) is 19.3. The van der Waals surface area contributed by atoms with E-state index in [0.29, 0.717) is 0 Å². The minimum absolute atomic E-state index is 0.220. The summed E-state index contributed by atoms with van der Waals surface area (Å²) in [4.78, 5) is 0. The molecule has 1 rings (SSSR count). The molecule has 0 aromatic heterocycles. The predicted molar refractivity (Wildman–Crippen MR) is 35.2 cm³/mol. The monoisotopic (exact) mass is 144 g/mol. The molecule has 0 saturated carbocycles. The van der Waals surface area contributed by atoms with Crippen molar-refractivity contribution in [2.45, 2.75) is 25.7 Å². The molecule has 0 aromatic rings. The number of hydrogen-bond acceptors (Lipinski definition) is 2. The minimum Gasteiger partial charge on any atom is -0.413 e. The first-order valence-electron chi connectivity index (χ1n) is 3.12. The lowest BCUT2D eigenvalue weighted by Gasteiger charge is -2.07. The third kappa shape index (κ3) is 2.15. The van der Waals surface area contributed by atoms with Gasteiger partial charge in [0.25, 0.3) is 0 Å². The lowest BCUT2D eigenvalue weighted by molar-refractivity contribution is 0.403. The zero-order chi connectivity index (χ0) is 6.53. The highest BCUT2D eigenvalue weighted by atomic mass is 31.1. The molecule has 0 spiro atoms. The molecule has 0 fully saturated rings. The van der Waals surface area contributed by atoms with E-state index in [1.807, 2.05) is 6.08 Å². The largest absolute Gasteiger partial charge is 0.413 e. The van der Waals surface area contributed by atoms with Crippen LogP contribution in [-0.2, 0) is 9.09 Å². The molecule has 0 aliphatic heterocycles. The van der Waals surface area contributed by atoms with Gasteiger partial charge in [-0.25, -0.2) is 4.57 Å². The summed E-state index contributed by atoms with van der Waals surface area (Å²) in [5.74, 6) is 0.887. The fraction of sp³-hybridized carbons (Fsp3) is 0.667. The van der Waals surface area contributed by atoms with E-state index in [1.165, 1.54) is 12.8 Å². The van der Waals surface area contributed by atoms with Crippen LogP contribution in [-0.4, -0.2) is 0 Å². The second-order valence-electron chi connectivity index (χ2n) is 2.08. The highest BCUT2D eigenvalue weighted by Crippen LogP contribution is 2.21. The summed E-state index contributed by atoms with van der Waals surface area (Å²) in [5, 5.41) is 0. The van der Waals surface area contributed by atoms with Gasteiger partial charge in [-0.05, 0) is 25.3 Å². The van der Waals surface area contributed by atoms with Gasteiger partial charge in [-0.3, -0.25) is 0 Å². The van der Waals surface area contributed by atoms with E-state index in [9.17, 15) is 4.57 Å². The summed E-state index contributed by atoms with van der Waals surface area (Å²) in [5.41, 5.74) is 0. The third-order valence-corrected chi connectivity index (χ3v) is 1.71. The van der Waals surface area contributed by atoms with E-state index in [-0.39, 0.29) is 8.69 Å². The summed E-state index contributed by atoms with van der Waals surface area (Å²) in [6.07, 6.45) is 6.44. The molecule has 2 nitrogen and oxygen atoms in total. The lowest BCUT2D eigenvalue weighted by Crippen LogP contribution is -1.90. The Morgan fingerprint density at radius 1 is 1.56 bits per heavy atom. The van der Waals surface area contributed by atoms with E-state index in [0.717, 1.165) is 18.6 Å². The van der Waals surface area contributed by atoms with Crippen LogP contribution in [0.25, 0.3) is 0 Å². The van der Waals surface area contributed by atoms with Gasteiger partial charge in [0.05, 0.1) is 0 Å². The number of hydrogen-bond donors (Lipinski definition) is 0. The summed E-state index contributed by atoms with van der Waals surface area (Å²) < 4.78 is 14.7. The molecule has 1 aliphatic carbocycles. The van der Waals surface area contributed by atoms with Crippen LogP contribution in [0.4, 0.5) is 0 Å². The van der Waals surface area contributed by atoms with Crippen LogP contribution < -0.4 is 0 Å². The van der Waals surface area contributed by atoms with Crippen molar-refractivity contribution in [3.8, 4) is 0 Å². The van der Waals surface area contributed by atoms with E-state index in [4.69, 9.17) is 4.52 Å². The van der Waals surface area contributed by atoms with Crippen molar-refractivity contribution < 1.29 is 9.09 Å². The summed E-state index contributed by atoms with van der Waals surface area (Å²) in [7, 11) is -0.220. The average molecular weight is 144 g/mol. The lowest BCUT2D eigenvalue weighted by atomic mass is 10.1. The third-order valence-electron chi connectivity index (χ3n) is 1.40. The molecule has 0 aromatic carbocycles. The molecular formula is C6H9O2P. The van der Waals surface area contributed by atoms with Crippen LogP contribution in [0.15, 0.2) is 11.8 Å². The van der Waals surface area contributed by atoms with Crippen LogP contribution in [0.3, 0.4) is 0 Å². The first kappa shape index (κ1) is 6.76. The molecule has 0 heterocycles. The average Bonchev–Trinajstić information content (AvgIpc) is 1.91. The van der Waals surface area contributed by atoms with Crippen LogP contribution >= 0.6 is 8.69 Å². The molecule has 0 amide bonds. The Morgan fingerprint density at radius 3 is 3.00 bits per heavy atom. The Labute approximate surface area is 56.2 Å². The molecule has 0 saturated heterocycles. The molecule has 9 heavy (non-hydrogen) atoms. The molecule has 50 valence electrons. The topological polar surface area (TPSA) is 26.3 Å². The summed E-state index contributed by atoms with van der Waals surface area (Å²) in [6.45, 7) is 0. The predicted octanol–water partition coefficient (Wildman–Crippen LogP) is 2.67. The van der Waals surface area contributed by atoms with Gasteiger partial charge in [-0.2, -0.15) is 0 Å². The Balaban J connectivity index is 2.36. The minimum atomic E-state index is -0.220. The first-order chi connectivity index (χ1) is 4.43. The maximum absolute atomic E-state index is 9.91. The molecule has 0 atom stereocenters. The Bertz CT molecular complexity index is 131. The van der Waals surface area contributed by atoms with Crippen molar-refractivity contribution in [3.05, 3.63) is 11.8 Å². The van der Waals surface area contributed by atoms with Crippen molar-refractivity contribution in [1.29, 1.82) is 0 Å². The quantitative estimate of drug-likeness (QED) is 0.557. The zero-order valence-electron chi connectivity index (χ0n) is 5.17. The summed E-state index contributed by atoms with van der Waals surface area (Å²) in [6, 6.07) is 0. The summed E-state index contributed by atoms with van der Waals surface area (Å²) >= 11 is 0. The van der Waals surface area contributed by atoms with Gasteiger partial charge in [0.2, 0.25) is 0 Å². The van der Waals surface area contributed by atoms with Crippen LogP contribution in [0.1, 0.15) is 25.7 Å². The highest BCUT2D eigenvalue weighted by Gasteiger charge is 2.02. The molecule has 0 N–H and O–H groups in total. The van der Waals surface area contributed by atoms with Crippen LogP contribution in [0, 0.1) is 0 Å². The van der Waals surface area contributed by atoms with Crippen molar-refractivity contribution in [1.82, 2.24) is 0 Å². The molecule has 0 bridgehead atoms. The van der Waals surface area contributed by atoms with E-state index >= 15 is 0 Å². The number of allylic oxidation sites excluding steroid dienone is 2. The van der Waals surface area contributed by atoms with E-state index in [2.05, 4.69) is 0 Å². The second-order valence-corrected chi connectivity index (χ2v) is 2.41. The smallest absolute Gasteiger partial charge is 0.395 e. The maximum atomic E-state index is 9.91. The van der Waals surface area contributed by atoms with E-state index < -0.39 is 0 Å². The van der Waals surface area contributed by atoms with Crippen molar-refractivity contribution in [2.24, 2.45) is 0 Å². The molecule has 1 aliphatic rings. The molecule has 0 unspecified atom stereocenters. The Morgan fingerprint density at radius 2 is 2.44 bits per heavy atom. The SMILES string of the molecule is O=POC1=CCCCC1. The van der Waals surface area contributed by atoms with Gasteiger partial charge in [-0.15, -0.1) is 0 Å². The highest BCUT2D eigenvalue weighted by molar-refractivity contribution is 7.17. The Kier molecular flexibility index (Phi) is 2.72. The Hall–Kier alpha value is -0.360. The van der Waals surface area contributed by atoms with E-state index in [1.54, 1.807) is 0 Å². The fourth-order valence-electron chi connectivity index (χ4n) is 0.939. The van der Waals surface area contributed by atoms with Gasteiger partial charge in [0.1, 0.15) is 5.76 Å².